The first-order valence-electron chi connectivity index (χ1n) is 3.44. The maximum Gasteiger partial charge on any atom is 0.150 e. The summed E-state index contributed by atoms with van der Waals surface area (Å²) in [5, 5.41) is 8.55. The van der Waals surface area contributed by atoms with Gasteiger partial charge in [-0.25, -0.2) is 0 Å². The van der Waals surface area contributed by atoms with Crippen LogP contribution >= 0.6 is 0 Å². The maximum atomic E-state index is 10.5. The Bertz CT molecular complexity index is 364. The van der Waals surface area contributed by atoms with E-state index in [-0.39, 0.29) is 0 Å². The van der Waals surface area contributed by atoms with Crippen molar-refractivity contribution in [1.82, 2.24) is 0 Å². The van der Waals surface area contributed by atoms with Crippen LogP contribution in [-0.2, 0) is 0 Å². The number of nitrogens with two attached hydrogens (primary N) is 1. The molecule has 0 unspecified atom stereocenters. The molecule has 0 aliphatic heterocycles. The Morgan fingerprint density at radius 2 is 2.25 bits per heavy atom. The zero-order valence-electron chi connectivity index (χ0n) is 6.66. The molecule has 1 rings (SSSR count). The number of hydrogen-bond donors (Lipinski definition) is 1. The van der Waals surface area contributed by atoms with Gasteiger partial charge < -0.3 is 5.73 Å². The van der Waals surface area contributed by atoms with Crippen molar-refractivity contribution in [2.45, 2.75) is 6.92 Å². The molecule has 3 heteroatoms. The average Bonchev–Trinajstić information content (AvgIpc) is 2.09. The van der Waals surface area contributed by atoms with Crippen LogP contribution in [0.1, 0.15) is 21.5 Å². The number of carbonyl (C=O) groups excluding carboxylic acids is 1. The van der Waals surface area contributed by atoms with Crippen LogP contribution in [0.4, 0.5) is 5.69 Å². The van der Waals surface area contributed by atoms with E-state index in [9.17, 15) is 4.79 Å². The molecule has 0 heterocycles. The number of hydrogen-bond acceptors (Lipinski definition) is 3. The topological polar surface area (TPSA) is 66.9 Å². The third-order valence-corrected chi connectivity index (χ3v) is 1.74. The van der Waals surface area contributed by atoms with E-state index >= 15 is 0 Å². The molecule has 1 aromatic carbocycles. The van der Waals surface area contributed by atoms with Gasteiger partial charge in [-0.15, -0.1) is 0 Å². The number of aldehydes is 1. The third kappa shape index (κ3) is 1.28. The highest BCUT2D eigenvalue weighted by molar-refractivity contribution is 5.81. The predicted octanol–water partition coefficient (Wildman–Crippen LogP) is 1.26. The highest BCUT2D eigenvalue weighted by atomic mass is 16.1. The van der Waals surface area contributed by atoms with Crippen molar-refractivity contribution >= 4 is 12.0 Å². The van der Waals surface area contributed by atoms with Gasteiger partial charge in [0.1, 0.15) is 6.29 Å². The number of carbonyl (C=O) groups is 1. The highest BCUT2D eigenvalue weighted by Crippen LogP contribution is 2.16. The average molecular weight is 160 g/mol. The van der Waals surface area contributed by atoms with Crippen molar-refractivity contribution in [2.24, 2.45) is 0 Å². The number of nitrogens with zero attached hydrogens (tertiary/aromatic N) is 1. The van der Waals surface area contributed by atoms with Crippen LogP contribution in [0, 0.1) is 18.3 Å². The van der Waals surface area contributed by atoms with Crippen LogP contribution in [0.2, 0.25) is 0 Å². The van der Waals surface area contributed by atoms with Gasteiger partial charge in [0.25, 0.3) is 0 Å². The smallest absolute Gasteiger partial charge is 0.150 e. The lowest BCUT2D eigenvalue weighted by Gasteiger charge is -2.02. The first-order chi connectivity index (χ1) is 5.69. The molecule has 0 amide bonds. The first kappa shape index (κ1) is 8.28. The van der Waals surface area contributed by atoms with E-state index in [0.29, 0.717) is 23.1 Å². The lowest BCUT2D eigenvalue weighted by atomic mass is 10.0. The molecule has 2 N–H and O–H groups in total. The summed E-state index contributed by atoms with van der Waals surface area (Å²) in [4.78, 5) is 10.5. The fourth-order valence-corrected chi connectivity index (χ4v) is 0.947. The van der Waals surface area contributed by atoms with E-state index in [4.69, 9.17) is 11.0 Å². The Hall–Kier alpha value is -1.82. The molecular formula is C9H8N2O. The summed E-state index contributed by atoms with van der Waals surface area (Å²) in [6.07, 6.45) is 0.701. The third-order valence-electron chi connectivity index (χ3n) is 1.74. The number of anilines is 1. The molecular weight excluding hydrogens is 152 g/mol. The Morgan fingerprint density at radius 3 is 2.75 bits per heavy atom. The second kappa shape index (κ2) is 3.05. The Morgan fingerprint density at radius 1 is 1.58 bits per heavy atom. The van der Waals surface area contributed by atoms with Gasteiger partial charge in [0, 0.05) is 11.3 Å². The van der Waals surface area contributed by atoms with Crippen molar-refractivity contribution in [3.8, 4) is 6.07 Å². The monoisotopic (exact) mass is 160 g/mol. The molecule has 12 heavy (non-hydrogen) atoms. The van der Waals surface area contributed by atoms with Crippen molar-refractivity contribution < 1.29 is 4.79 Å². The van der Waals surface area contributed by atoms with Gasteiger partial charge in [-0.2, -0.15) is 5.26 Å². The van der Waals surface area contributed by atoms with E-state index in [1.165, 1.54) is 6.07 Å². The summed E-state index contributed by atoms with van der Waals surface area (Å²) < 4.78 is 0. The molecule has 0 aliphatic carbocycles. The summed E-state index contributed by atoms with van der Waals surface area (Å²) in [6, 6.07) is 5.02. The van der Waals surface area contributed by atoms with Crippen molar-refractivity contribution in [1.29, 1.82) is 5.26 Å². The van der Waals surface area contributed by atoms with E-state index in [1.807, 2.05) is 6.07 Å². The Labute approximate surface area is 70.4 Å². The van der Waals surface area contributed by atoms with Gasteiger partial charge in [-0.05, 0) is 24.6 Å². The quantitative estimate of drug-likeness (QED) is 0.496. The molecule has 0 radical (unpaired) electrons. The lowest BCUT2D eigenvalue weighted by molar-refractivity contribution is 0.112. The predicted molar refractivity (Wildman–Crippen MR) is 45.7 cm³/mol. The van der Waals surface area contributed by atoms with E-state index < -0.39 is 0 Å². The van der Waals surface area contributed by atoms with Gasteiger partial charge >= 0.3 is 0 Å². The van der Waals surface area contributed by atoms with Crippen LogP contribution in [0.3, 0.4) is 0 Å². The molecule has 0 aromatic heterocycles. The SMILES string of the molecule is Cc1c(N)cc(C#N)cc1C=O. The summed E-state index contributed by atoms with van der Waals surface area (Å²) in [5.41, 5.74) is 7.67. The highest BCUT2D eigenvalue weighted by Gasteiger charge is 2.02. The second-order valence-electron chi connectivity index (χ2n) is 2.51. The minimum Gasteiger partial charge on any atom is -0.398 e. The number of nitrogen functional groups attached to an aromatic ring is 1. The standard InChI is InChI=1S/C9H8N2O/c1-6-8(5-12)2-7(4-10)3-9(6)11/h2-3,5H,11H2,1H3. The van der Waals surface area contributed by atoms with Gasteiger partial charge in [0.2, 0.25) is 0 Å². The molecule has 0 saturated carbocycles. The number of benzene rings is 1. The molecule has 3 nitrogen and oxygen atoms in total. The number of nitriles is 1. The van der Waals surface area contributed by atoms with Crippen LogP contribution in [0.25, 0.3) is 0 Å². The molecule has 0 saturated heterocycles. The molecule has 0 spiro atoms. The van der Waals surface area contributed by atoms with Gasteiger partial charge in [-0.1, -0.05) is 0 Å². The van der Waals surface area contributed by atoms with E-state index in [2.05, 4.69) is 0 Å². The zero-order chi connectivity index (χ0) is 9.14. The van der Waals surface area contributed by atoms with Crippen LogP contribution in [0.15, 0.2) is 12.1 Å². The molecule has 0 fully saturated rings. The summed E-state index contributed by atoms with van der Waals surface area (Å²) in [5.74, 6) is 0. The van der Waals surface area contributed by atoms with Crippen LogP contribution in [0.5, 0.6) is 0 Å². The number of rotatable bonds is 1. The molecule has 1 aromatic rings. The fraction of sp³-hybridized carbons (Fsp3) is 0.111. The van der Waals surface area contributed by atoms with Crippen molar-refractivity contribution in [3.05, 3.63) is 28.8 Å². The van der Waals surface area contributed by atoms with Crippen molar-refractivity contribution in [2.75, 3.05) is 5.73 Å². The normalized spacial score (nSPS) is 9.00. The zero-order valence-corrected chi connectivity index (χ0v) is 6.66. The van der Waals surface area contributed by atoms with E-state index in [0.717, 1.165) is 5.56 Å². The molecule has 0 aliphatic rings. The van der Waals surface area contributed by atoms with Crippen LogP contribution < -0.4 is 5.73 Å². The van der Waals surface area contributed by atoms with E-state index in [1.54, 1.807) is 13.0 Å². The Balaban J connectivity index is 3.41. The maximum absolute atomic E-state index is 10.5. The minimum atomic E-state index is 0.417. The summed E-state index contributed by atoms with van der Waals surface area (Å²) in [6.45, 7) is 1.75. The van der Waals surface area contributed by atoms with Gasteiger partial charge in [0.15, 0.2) is 0 Å². The van der Waals surface area contributed by atoms with Gasteiger partial charge in [0.05, 0.1) is 11.6 Å². The first-order valence-corrected chi connectivity index (χ1v) is 3.44. The molecule has 0 atom stereocenters. The molecule has 60 valence electrons. The minimum absolute atomic E-state index is 0.417. The fourth-order valence-electron chi connectivity index (χ4n) is 0.947. The summed E-state index contributed by atoms with van der Waals surface area (Å²) >= 11 is 0. The molecule has 0 bridgehead atoms. The van der Waals surface area contributed by atoms with Crippen LogP contribution in [-0.4, -0.2) is 6.29 Å². The lowest BCUT2D eigenvalue weighted by Crippen LogP contribution is -1.95. The Kier molecular flexibility index (Phi) is 2.11. The second-order valence-corrected chi connectivity index (χ2v) is 2.51. The largest absolute Gasteiger partial charge is 0.398 e. The van der Waals surface area contributed by atoms with Gasteiger partial charge in [-0.3, -0.25) is 4.79 Å². The summed E-state index contributed by atoms with van der Waals surface area (Å²) in [7, 11) is 0. The van der Waals surface area contributed by atoms with Crippen molar-refractivity contribution in [3.63, 3.8) is 0 Å².